The van der Waals surface area contributed by atoms with Crippen molar-refractivity contribution < 1.29 is 18.7 Å². The molecule has 1 fully saturated rings. The third-order valence-corrected chi connectivity index (χ3v) is 5.52. The van der Waals surface area contributed by atoms with Crippen LogP contribution in [-0.4, -0.2) is 46.2 Å². The number of pyridine rings is 1. The SMILES string of the molecule is COc1cc(C(=O)N2CCC(c3ccc(N)nn3)CC2)ncc1OCc1ccccc1F. The first kappa shape index (κ1) is 21.5. The number of benzene rings is 1. The number of amides is 1. The monoisotopic (exact) mass is 437 g/mol. The molecule has 1 amide bonds. The van der Waals surface area contributed by atoms with E-state index in [9.17, 15) is 9.18 Å². The molecular formula is C23H24FN5O3. The maximum Gasteiger partial charge on any atom is 0.272 e. The summed E-state index contributed by atoms with van der Waals surface area (Å²) in [5, 5.41) is 8.08. The summed E-state index contributed by atoms with van der Waals surface area (Å²) in [7, 11) is 1.48. The van der Waals surface area contributed by atoms with E-state index in [0.717, 1.165) is 18.5 Å². The van der Waals surface area contributed by atoms with E-state index in [4.69, 9.17) is 15.2 Å². The molecule has 1 aliphatic rings. The zero-order chi connectivity index (χ0) is 22.5. The fraction of sp³-hybridized carbons (Fsp3) is 0.304. The van der Waals surface area contributed by atoms with Crippen LogP contribution in [0.25, 0.3) is 0 Å². The summed E-state index contributed by atoms with van der Waals surface area (Å²) in [6.45, 7) is 1.20. The minimum Gasteiger partial charge on any atom is -0.493 e. The van der Waals surface area contributed by atoms with Gasteiger partial charge in [-0.15, -0.1) is 5.10 Å². The minimum atomic E-state index is -0.348. The van der Waals surface area contributed by atoms with Gasteiger partial charge in [-0.2, -0.15) is 5.10 Å². The zero-order valence-corrected chi connectivity index (χ0v) is 17.7. The lowest BCUT2D eigenvalue weighted by Crippen LogP contribution is -2.38. The lowest BCUT2D eigenvalue weighted by Gasteiger charge is -2.31. The van der Waals surface area contributed by atoms with Gasteiger partial charge in [-0.05, 0) is 31.0 Å². The maximum absolute atomic E-state index is 13.8. The fourth-order valence-corrected chi connectivity index (χ4v) is 3.69. The van der Waals surface area contributed by atoms with E-state index >= 15 is 0 Å². The Kier molecular flexibility index (Phi) is 6.44. The first-order chi connectivity index (χ1) is 15.5. The Morgan fingerprint density at radius 1 is 1.16 bits per heavy atom. The number of nitrogens with zero attached hydrogens (tertiary/aromatic N) is 4. The Hall–Kier alpha value is -3.75. The van der Waals surface area contributed by atoms with Crippen LogP contribution in [0.4, 0.5) is 10.2 Å². The number of carbonyl (C=O) groups excluding carboxylic acids is 1. The smallest absolute Gasteiger partial charge is 0.272 e. The number of piperidine rings is 1. The predicted molar refractivity (Wildman–Crippen MR) is 116 cm³/mol. The fourth-order valence-electron chi connectivity index (χ4n) is 3.69. The predicted octanol–water partition coefficient (Wildman–Crippen LogP) is 3.20. The molecule has 0 atom stereocenters. The lowest BCUT2D eigenvalue weighted by atomic mass is 9.93. The standard InChI is InChI=1S/C23H24FN5O3/c1-31-20-12-19(26-13-21(20)32-14-16-4-2-3-5-17(16)24)23(30)29-10-8-15(9-11-29)18-6-7-22(25)28-27-18/h2-7,12-13,15H,8-11,14H2,1H3,(H2,25,28). The van der Waals surface area contributed by atoms with E-state index < -0.39 is 0 Å². The normalized spacial score (nSPS) is 14.2. The Morgan fingerprint density at radius 3 is 2.62 bits per heavy atom. The highest BCUT2D eigenvalue weighted by molar-refractivity contribution is 5.93. The van der Waals surface area contributed by atoms with Crippen molar-refractivity contribution in [3.63, 3.8) is 0 Å². The molecule has 3 heterocycles. The van der Waals surface area contributed by atoms with Crippen molar-refractivity contribution in [1.82, 2.24) is 20.1 Å². The number of methoxy groups -OCH3 is 1. The number of nitrogens with two attached hydrogens (primary N) is 1. The van der Waals surface area contributed by atoms with E-state index in [-0.39, 0.29) is 29.9 Å². The molecular weight excluding hydrogens is 413 g/mol. The first-order valence-electron chi connectivity index (χ1n) is 10.3. The second-order valence-corrected chi connectivity index (χ2v) is 7.55. The number of halogens is 1. The van der Waals surface area contributed by atoms with Crippen molar-refractivity contribution in [3.05, 3.63) is 71.4 Å². The lowest BCUT2D eigenvalue weighted by molar-refractivity contribution is 0.0705. The average Bonchev–Trinajstić information content (AvgIpc) is 2.83. The molecule has 4 rings (SSSR count). The number of carbonyl (C=O) groups is 1. The molecule has 2 N–H and O–H groups in total. The second-order valence-electron chi connectivity index (χ2n) is 7.55. The maximum atomic E-state index is 13.8. The molecule has 166 valence electrons. The highest BCUT2D eigenvalue weighted by Gasteiger charge is 2.27. The summed E-state index contributed by atoms with van der Waals surface area (Å²) in [6, 6.07) is 11.6. The molecule has 8 nitrogen and oxygen atoms in total. The van der Waals surface area contributed by atoms with E-state index in [1.165, 1.54) is 19.4 Å². The van der Waals surface area contributed by atoms with Crippen LogP contribution in [0.3, 0.4) is 0 Å². The van der Waals surface area contributed by atoms with Crippen molar-refractivity contribution in [2.75, 3.05) is 25.9 Å². The van der Waals surface area contributed by atoms with Crippen LogP contribution in [0.2, 0.25) is 0 Å². The molecule has 0 radical (unpaired) electrons. The van der Waals surface area contributed by atoms with E-state index in [1.54, 1.807) is 35.2 Å². The number of anilines is 1. The molecule has 0 aliphatic carbocycles. The Morgan fingerprint density at radius 2 is 1.94 bits per heavy atom. The van der Waals surface area contributed by atoms with Gasteiger partial charge < -0.3 is 20.1 Å². The number of hydrogen-bond acceptors (Lipinski definition) is 7. The molecule has 1 aliphatic heterocycles. The van der Waals surface area contributed by atoms with Gasteiger partial charge in [0.2, 0.25) is 0 Å². The van der Waals surface area contributed by atoms with E-state index in [1.807, 2.05) is 6.07 Å². The number of likely N-dealkylation sites (tertiary alicyclic amines) is 1. The van der Waals surface area contributed by atoms with E-state index in [2.05, 4.69) is 15.2 Å². The van der Waals surface area contributed by atoms with Gasteiger partial charge >= 0.3 is 0 Å². The number of hydrogen-bond donors (Lipinski definition) is 1. The number of rotatable bonds is 6. The summed E-state index contributed by atoms with van der Waals surface area (Å²) in [6.07, 6.45) is 3.00. The van der Waals surface area contributed by atoms with Crippen molar-refractivity contribution in [1.29, 1.82) is 0 Å². The molecule has 0 bridgehead atoms. The van der Waals surface area contributed by atoms with Crippen molar-refractivity contribution in [2.24, 2.45) is 0 Å². The summed E-state index contributed by atoms with van der Waals surface area (Å²) in [5.41, 5.74) is 7.18. The highest BCUT2D eigenvalue weighted by atomic mass is 19.1. The molecule has 32 heavy (non-hydrogen) atoms. The molecule has 9 heteroatoms. The van der Waals surface area contributed by atoms with E-state index in [0.29, 0.717) is 36.0 Å². The molecule has 0 unspecified atom stereocenters. The van der Waals surface area contributed by atoms with Gasteiger partial charge in [0.1, 0.15) is 23.9 Å². The molecule has 0 saturated carbocycles. The van der Waals surface area contributed by atoms with Crippen molar-refractivity contribution >= 4 is 11.7 Å². The van der Waals surface area contributed by atoms with Crippen molar-refractivity contribution in [2.45, 2.75) is 25.4 Å². The largest absolute Gasteiger partial charge is 0.493 e. The molecule has 1 aromatic carbocycles. The van der Waals surface area contributed by atoms with Gasteiger partial charge in [-0.25, -0.2) is 9.37 Å². The quantitative estimate of drug-likeness (QED) is 0.632. The minimum absolute atomic E-state index is 0.0273. The van der Waals surface area contributed by atoms with Gasteiger partial charge in [0.05, 0.1) is 19.0 Å². The molecule has 0 spiro atoms. The average molecular weight is 437 g/mol. The zero-order valence-electron chi connectivity index (χ0n) is 17.7. The Balaban J connectivity index is 1.39. The summed E-state index contributed by atoms with van der Waals surface area (Å²) in [4.78, 5) is 19.0. The van der Waals surface area contributed by atoms with Crippen LogP contribution in [0.1, 0.15) is 40.5 Å². The van der Waals surface area contributed by atoms with Crippen LogP contribution in [0.15, 0.2) is 48.7 Å². The van der Waals surface area contributed by atoms with Crippen LogP contribution in [0, 0.1) is 5.82 Å². The van der Waals surface area contributed by atoms with Gasteiger partial charge in [0.15, 0.2) is 11.5 Å². The van der Waals surface area contributed by atoms with Crippen LogP contribution in [-0.2, 0) is 6.61 Å². The summed E-state index contributed by atoms with van der Waals surface area (Å²) >= 11 is 0. The Labute approximate surface area is 185 Å². The van der Waals surface area contributed by atoms with Gasteiger partial charge in [0.25, 0.3) is 5.91 Å². The molecule has 1 saturated heterocycles. The third-order valence-electron chi connectivity index (χ3n) is 5.52. The summed E-state index contributed by atoms with van der Waals surface area (Å²) in [5.74, 6) is 0.816. The Bertz CT molecular complexity index is 1090. The van der Waals surface area contributed by atoms with Crippen molar-refractivity contribution in [3.8, 4) is 11.5 Å². The summed E-state index contributed by atoms with van der Waals surface area (Å²) < 4.78 is 24.9. The van der Waals surface area contributed by atoms with Crippen LogP contribution in [0.5, 0.6) is 11.5 Å². The topological polar surface area (TPSA) is 103 Å². The molecule has 2 aromatic heterocycles. The van der Waals surface area contributed by atoms with Crippen LogP contribution >= 0.6 is 0 Å². The van der Waals surface area contributed by atoms with Crippen LogP contribution < -0.4 is 15.2 Å². The third kappa shape index (κ3) is 4.77. The number of nitrogen functional groups attached to an aromatic ring is 1. The van der Waals surface area contributed by atoms with Gasteiger partial charge in [-0.3, -0.25) is 4.79 Å². The first-order valence-corrected chi connectivity index (χ1v) is 10.3. The number of aromatic nitrogens is 3. The highest BCUT2D eigenvalue weighted by Crippen LogP contribution is 2.30. The second kappa shape index (κ2) is 9.59. The van der Waals surface area contributed by atoms with Gasteiger partial charge in [-0.1, -0.05) is 18.2 Å². The van der Waals surface area contributed by atoms with Gasteiger partial charge in [0, 0.05) is 30.6 Å². The molecule has 3 aromatic rings. The number of ether oxygens (including phenoxy) is 2.